The van der Waals surface area contributed by atoms with E-state index in [1.54, 1.807) is 0 Å². The molecule has 0 fully saturated rings. The minimum absolute atomic E-state index is 0.0531. The quantitative estimate of drug-likeness (QED) is 0.681. The molecule has 110 valence electrons. The van der Waals surface area contributed by atoms with Crippen LogP contribution in [0.1, 0.15) is 0 Å². The zero-order valence-electron chi connectivity index (χ0n) is 10.0. The third kappa shape index (κ3) is 5.38. The van der Waals surface area contributed by atoms with Gasteiger partial charge in [-0.05, 0) is 12.1 Å². The fourth-order valence-electron chi connectivity index (χ4n) is 1.15. The molecule has 0 heterocycles. The van der Waals surface area contributed by atoms with Crippen LogP contribution in [0.25, 0.3) is 0 Å². The number of amides is 1. The van der Waals surface area contributed by atoms with E-state index in [0.717, 1.165) is 11.8 Å². The molecule has 0 bridgehead atoms. The standard InChI is InChI=1S/C11H11Cl3N2O3S/c12-5-1-7(14)9(2-6(5)13)16-10(17)4-20-3-8(15)11(18)19/h1-2,8H,3-4,15H2,(H,16,17)(H,18,19). The van der Waals surface area contributed by atoms with Gasteiger partial charge < -0.3 is 16.2 Å². The first-order valence-electron chi connectivity index (χ1n) is 5.31. The van der Waals surface area contributed by atoms with Crippen LogP contribution < -0.4 is 11.1 Å². The molecule has 0 spiro atoms. The Morgan fingerprint density at radius 2 is 1.85 bits per heavy atom. The van der Waals surface area contributed by atoms with Crippen molar-refractivity contribution in [1.82, 2.24) is 0 Å². The van der Waals surface area contributed by atoms with E-state index in [1.807, 2.05) is 0 Å². The molecule has 0 radical (unpaired) electrons. The van der Waals surface area contributed by atoms with E-state index in [2.05, 4.69) is 5.32 Å². The normalized spacial score (nSPS) is 12.0. The average Bonchev–Trinajstić information content (AvgIpc) is 2.35. The first-order valence-corrected chi connectivity index (χ1v) is 7.60. The molecule has 9 heteroatoms. The number of hydrogen-bond acceptors (Lipinski definition) is 4. The maximum absolute atomic E-state index is 11.7. The zero-order chi connectivity index (χ0) is 15.3. The van der Waals surface area contributed by atoms with E-state index in [4.69, 9.17) is 45.6 Å². The highest BCUT2D eigenvalue weighted by Crippen LogP contribution is 2.32. The van der Waals surface area contributed by atoms with Crippen molar-refractivity contribution in [1.29, 1.82) is 0 Å². The van der Waals surface area contributed by atoms with Crippen molar-refractivity contribution in [2.45, 2.75) is 6.04 Å². The molecular formula is C11H11Cl3N2O3S. The van der Waals surface area contributed by atoms with Gasteiger partial charge in [0.25, 0.3) is 0 Å². The van der Waals surface area contributed by atoms with Gasteiger partial charge >= 0.3 is 5.97 Å². The molecule has 1 amide bonds. The van der Waals surface area contributed by atoms with Gasteiger partial charge in [-0.1, -0.05) is 34.8 Å². The van der Waals surface area contributed by atoms with E-state index in [1.165, 1.54) is 12.1 Å². The number of benzene rings is 1. The first-order chi connectivity index (χ1) is 9.31. The van der Waals surface area contributed by atoms with Crippen molar-refractivity contribution in [3.63, 3.8) is 0 Å². The first kappa shape index (κ1) is 17.4. The minimum atomic E-state index is -1.11. The van der Waals surface area contributed by atoms with E-state index in [9.17, 15) is 9.59 Å². The number of nitrogens with one attached hydrogen (secondary N) is 1. The topological polar surface area (TPSA) is 92.4 Å². The molecule has 0 saturated heterocycles. The molecule has 1 aromatic rings. The van der Waals surface area contributed by atoms with Gasteiger partial charge in [0.05, 0.1) is 26.5 Å². The fourth-order valence-corrected chi connectivity index (χ4v) is 2.52. The highest BCUT2D eigenvalue weighted by molar-refractivity contribution is 8.00. The second kappa shape index (κ2) is 7.95. The lowest BCUT2D eigenvalue weighted by Crippen LogP contribution is -2.33. The summed E-state index contributed by atoms with van der Waals surface area (Å²) in [5, 5.41) is 12.0. The number of halogens is 3. The smallest absolute Gasteiger partial charge is 0.321 e. The van der Waals surface area contributed by atoms with Crippen molar-refractivity contribution in [3.05, 3.63) is 27.2 Å². The number of aliphatic carboxylic acids is 1. The maximum atomic E-state index is 11.7. The molecule has 0 aliphatic heterocycles. The number of hydrogen-bond donors (Lipinski definition) is 3. The predicted molar refractivity (Wildman–Crippen MR) is 83.0 cm³/mol. The van der Waals surface area contributed by atoms with E-state index in [0.29, 0.717) is 5.69 Å². The Morgan fingerprint density at radius 1 is 1.25 bits per heavy atom. The number of carbonyl (C=O) groups excluding carboxylic acids is 1. The second-order valence-electron chi connectivity index (χ2n) is 3.75. The van der Waals surface area contributed by atoms with Crippen LogP contribution in [-0.4, -0.2) is 34.5 Å². The zero-order valence-corrected chi connectivity index (χ0v) is 13.1. The molecule has 1 unspecified atom stereocenters. The summed E-state index contributed by atoms with van der Waals surface area (Å²) in [6, 6.07) is 1.87. The minimum Gasteiger partial charge on any atom is -0.480 e. The third-order valence-electron chi connectivity index (χ3n) is 2.13. The van der Waals surface area contributed by atoms with Crippen molar-refractivity contribution in [2.75, 3.05) is 16.8 Å². The van der Waals surface area contributed by atoms with Crippen LogP contribution in [0, 0.1) is 0 Å². The molecular weight excluding hydrogens is 347 g/mol. The predicted octanol–water partition coefficient (Wildman–Crippen LogP) is 2.73. The summed E-state index contributed by atoms with van der Waals surface area (Å²) in [7, 11) is 0. The fraction of sp³-hybridized carbons (Fsp3) is 0.273. The molecule has 1 atom stereocenters. The summed E-state index contributed by atoms with van der Waals surface area (Å²) in [4.78, 5) is 22.2. The highest BCUT2D eigenvalue weighted by atomic mass is 35.5. The Labute approximate surface area is 134 Å². The molecule has 4 N–H and O–H groups in total. The number of carboxylic acids is 1. The van der Waals surface area contributed by atoms with Crippen LogP contribution in [0.15, 0.2) is 12.1 Å². The van der Waals surface area contributed by atoms with Gasteiger partial charge in [0.1, 0.15) is 6.04 Å². The summed E-state index contributed by atoms with van der Waals surface area (Å²) in [6.07, 6.45) is 0. The Hall–Kier alpha value is -0.660. The molecule has 0 aliphatic rings. The Balaban J connectivity index is 2.51. The molecule has 0 aromatic heterocycles. The second-order valence-corrected chi connectivity index (χ2v) is 6.01. The van der Waals surface area contributed by atoms with Crippen molar-refractivity contribution in [2.24, 2.45) is 5.73 Å². The Kier molecular flexibility index (Phi) is 6.91. The van der Waals surface area contributed by atoms with E-state index < -0.39 is 12.0 Å². The van der Waals surface area contributed by atoms with Gasteiger partial charge in [0, 0.05) is 5.75 Å². The summed E-state index contributed by atoms with van der Waals surface area (Å²) < 4.78 is 0. The maximum Gasteiger partial charge on any atom is 0.321 e. The van der Waals surface area contributed by atoms with Crippen LogP contribution >= 0.6 is 46.6 Å². The molecule has 5 nitrogen and oxygen atoms in total. The third-order valence-corrected chi connectivity index (χ3v) is 4.23. The van der Waals surface area contributed by atoms with E-state index in [-0.39, 0.29) is 32.5 Å². The number of carbonyl (C=O) groups is 2. The number of thioether (sulfide) groups is 1. The van der Waals surface area contributed by atoms with E-state index >= 15 is 0 Å². The van der Waals surface area contributed by atoms with Gasteiger partial charge in [-0.3, -0.25) is 9.59 Å². The lowest BCUT2D eigenvalue weighted by molar-refractivity contribution is -0.137. The number of anilines is 1. The van der Waals surface area contributed by atoms with Crippen LogP contribution in [0.5, 0.6) is 0 Å². The van der Waals surface area contributed by atoms with Crippen molar-refractivity contribution < 1.29 is 14.7 Å². The molecule has 0 aliphatic carbocycles. The van der Waals surface area contributed by atoms with Crippen LogP contribution in [-0.2, 0) is 9.59 Å². The van der Waals surface area contributed by atoms with Crippen LogP contribution in [0.3, 0.4) is 0 Å². The molecule has 1 rings (SSSR count). The summed E-state index contributed by atoms with van der Waals surface area (Å²) in [5.41, 5.74) is 5.65. The largest absolute Gasteiger partial charge is 0.480 e. The highest BCUT2D eigenvalue weighted by Gasteiger charge is 2.13. The lowest BCUT2D eigenvalue weighted by atomic mass is 10.3. The summed E-state index contributed by atoms with van der Waals surface area (Å²) >= 11 is 18.6. The van der Waals surface area contributed by atoms with Gasteiger partial charge in [-0.25, -0.2) is 0 Å². The number of carboxylic acid groups (broad SMARTS) is 1. The monoisotopic (exact) mass is 356 g/mol. The molecule has 20 heavy (non-hydrogen) atoms. The van der Waals surface area contributed by atoms with Gasteiger partial charge in [0.15, 0.2) is 0 Å². The van der Waals surface area contributed by atoms with Crippen molar-refractivity contribution in [3.8, 4) is 0 Å². The lowest BCUT2D eigenvalue weighted by Gasteiger charge is -2.09. The summed E-state index contributed by atoms with van der Waals surface area (Å²) in [6.45, 7) is 0. The number of nitrogens with two attached hydrogens (primary N) is 1. The van der Waals surface area contributed by atoms with Crippen LogP contribution in [0.2, 0.25) is 15.1 Å². The number of rotatable bonds is 6. The Bertz CT molecular complexity index is 528. The van der Waals surface area contributed by atoms with Crippen molar-refractivity contribution >= 4 is 64.1 Å². The van der Waals surface area contributed by atoms with Gasteiger partial charge in [-0.2, -0.15) is 0 Å². The molecule has 1 aromatic carbocycles. The van der Waals surface area contributed by atoms with Gasteiger partial charge in [0.2, 0.25) is 5.91 Å². The average molecular weight is 358 g/mol. The molecule has 0 saturated carbocycles. The van der Waals surface area contributed by atoms with Crippen LogP contribution in [0.4, 0.5) is 5.69 Å². The summed E-state index contributed by atoms with van der Waals surface area (Å²) in [5.74, 6) is -1.26. The SMILES string of the molecule is NC(CSCC(=O)Nc1cc(Cl)c(Cl)cc1Cl)C(=O)O. The van der Waals surface area contributed by atoms with Gasteiger partial charge in [-0.15, -0.1) is 11.8 Å². The Morgan fingerprint density at radius 3 is 2.45 bits per heavy atom.